The zero-order valence-corrected chi connectivity index (χ0v) is 11.6. The van der Waals surface area contributed by atoms with Crippen LogP contribution in [0.15, 0.2) is 29.2 Å². The maximum absolute atomic E-state index is 8.50. The molecule has 0 aromatic heterocycles. The maximum Gasteiger partial charge on any atom is 0.0698 e. The summed E-state index contributed by atoms with van der Waals surface area (Å²) in [7, 11) is 0. The molecule has 98 valence electrons. The highest BCUT2D eigenvalue weighted by Crippen LogP contribution is 2.14. The lowest BCUT2D eigenvalue weighted by molar-refractivity contribution is -0.00000453. The summed E-state index contributed by atoms with van der Waals surface area (Å²) in [5.41, 5.74) is 1.28. The normalized spacial score (nSPS) is 10.0. The van der Waals surface area contributed by atoms with Gasteiger partial charge < -0.3 is 27.6 Å². The molecule has 0 radical (unpaired) electrons. The van der Waals surface area contributed by atoms with Crippen LogP contribution in [0, 0.1) is 0 Å². The molecule has 3 nitrogen and oxygen atoms in total. The van der Waals surface area contributed by atoms with E-state index in [2.05, 4.69) is 35.8 Å². The van der Waals surface area contributed by atoms with Gasteiger partial charge in [0.25, 0.3) is 0 Å². The second-order valence-corrected chi connectivity index (χ2v) is 4.24. The second-order valence-electron chi connectivity index (χ2n) is 3.36. The van der Waals surface area contributed by atoms with E-state index in [0.29, 0.717) is 13.2 Å². The van der Waals surface area contributed by atoms with Crippen LogP contribution >= 0.6 is 11.8 Å². The number of hydrogen-bond acceptors (Lipinski definition) is 4. The quantitative estimate of drug-likeness (QED) is 0.449. The minimum absolute atomic E-state index is 0. The highest BCUT2D eigenvalue weighted by molar-refractivity contribution is 7.98. The molecule has 0 bridgehead atoms. The highest BCUT2D eigenvalue weighted by atomic mass is 35.5. The van der Waals surface area contributed by atoms with Crippen molar-refractivity contribution in [3.8, 4) is 0 Å². The van der Waals surface area contributed by atoms with Crippen LogP contribution in [0.5, 0.6) is 0 Å². The molecular weight excluding hydrogens is 258 g/mol. The van der Waals surface area contributed by atoms with E-state index >= 15 is 0 Å². The van der Waals surface area contributed by atoms with Crippen LogP contribution in [-0.4, -0.2) is 37.7 Å². The van der Waals surface area contributed by atoms with Gasteiger partial charge in [0.2, 0.25) is 0 Å². The number of thioether (sulfide) groups is 1. The summed E-state index contributed by atoms with van der Waals surface area (Å²) in [6.45, 7) is 2.82. The lowest BCUT2D eigenvalue weighted by Gasteiger charge is -2.06. The van der Waals surface area contributed by atoms with Gasteiger partial charge in [-0.1, -0.05) is 12.1 Å². The lowest BCUT2D eigenvalue weighted by Crippen LogP contribution is -3.00. The maximum atomic E-state index is 8.50. The Labute approximate surface area is 113 Å². The average molecular weight is 277 g/mol. The number of rotatable bonds is 8. The van der Waals surface area contributed by atoms with Crippen molar-refractivity contribution < 1.29 is 22.3 Å². The number of ether oxygens (including phenoxy) is 1. The van der Waals surface area contributed by atoms with Gasteiger partial charge in [-0.3, -0.25) is 0 Å². The molecule has 0 spiro atoms. The van der Waals surface area contributed by atoms with Crippen LogP contribution in [0.25, 0.3) is 0 Å². The molecular formula is C12H19ClNO2S-. The third-order valence-corrected chi connectivity index (χ3v) is 2.89. The molecule has 0 aliphatic rings. The first-order valence-electron chi connectivity index (χ1n) is 5.39. The average Bonchev–Trinajstić information content (AvgIpc) is 2.34. The molecule has 0 saturated heterocycles. The van der Waals surface area contributed by atoms with Crippen molar-refractivity contribution >= 4 is 11.8 Å². The SMILES string of the molecule is CSc1ccc(CNCCOCCO)cc1.[Cl-]. The molecule has 1 aromatic rings. The van der Waals surface area contributed by atoms with Crippen molar-refractivity contribution in [3.05, 3.63) is 29.8 Å². The van der Waals surface area contributed by atoms with E-state index in [1.807, 2.05) is 0 Å². The Bertz CT molecular complexity index is 282. The molecule has 0 saturated carbocycles. The van der Waals surface area contributed by atoms with E-state index in [1.54, 1.807) is 11.8 Å². The van der Waals surface area contributed by atoms with E-state index in [-0.39, 0.29) is 19.0 Å². The molecule has 0 amide bonds. The van der Waals surface area contributed by atoms with E-state index in [9.17, 15) is 0 Å². The Morgan fingerprint density at radius 2 is 1.94 bits per heavy atom. The van der Waals surface area contributed by atoms with Crippen LogP contribution in [0.4, 0.5) is 0 Å². The lowest BCUT2D eigenvalue weighted by atomic mass is 10.2. The summed E-state index contributed by atoms with van der Waals surface area (Å²) in [5.74, 6) is 0. The summed E-state index contributed by atoms with van der Waals surface area (Å²) in [6.07, 6.45) is 2.08. The largest absolute Gasteiger partial charge is 1.00 e. The van der Waals surface area contributed by atoms with Crippen molar-refractivity contribution in [1.29, 1.82) is 0 Å². The molecule has 0 aliphatic heterocycles. The molecule has 0 unspecified atom stereocenters. The van der Waals surface area contributed by atoms with Crippen molar-refractivity contribution in [3.63, 3.8) is 0 Å². The van der Waals surface area contributed by atoms with Gasteiger partial charge in [0, 0.05) is 18.0 Å². The smallest absolute Gasteiger partial charge is 0.0698 e. The monoisotopic (exact) mass is 276 g/mol. The standard InChI is InChI=1S/C12H19NO2S.ClH/c1-16-12-4-2-11(3-5-12)10-13-6-8-15-9-7-14;/h2-5,13-14H,6-10H2,1H3;1H/p-1. The fourth-order valence-electron chi connectivity index (χ4n) is 1.29. The van der Waals surface area contributed by atoms with Crippen LogP contribution in [-0.2, 0) is 11.3 Å². The second kappa shape index (κ2) is 10.9. The van der Waals surface area contributed by atoms with E-state index < -0.39 is 0 Å². The first-order valence-corrected chi connectivity index (χ1v) is 6.61. The zero-order valence-electron chi connectivity index (χ0n) is 9.99. The van der Waals surface area contributed by atoms with E-state index in [4.69, 9.17) is 9.84 Å². The number of aliphatic hydroxyl groups excluding tert-OH is 1. The van der Waals surface area contributed by atoms with Crippen molar-refractivity contribution in [1.82, 2.24) is 5.32 Å². The summed E-state index contributed by atoms with van der Waals surface area (Å²) in [5, 5.41) is 11.8. The molecule has 1 rings (SSSR count). The molecule has 0 aliphatic carbocycles. The topological polar surface area (TPSA) is 41.5 Å². The van der Waals surface area contributed by atoms with E-state index in [0.717, 1.165) is 13.1 Å². The molecule has 0 heterocycles. The fraction of sp³-hybridized carbons (Fsp3) is 0.500. The fourth-order valence-corrected chi connectivity index (χ4v) is 1.70. The number of nitrogens with one attached hydrogen (secondary N) is 1. The van der Waals surface area contributed by atoms with Crippen LogP contribution in [0.3, 0.4) is 0 Å². The molecule has 0 atom stereocenters. The first-order chi connectivity index (χ1) is 7.86. The van der Waals surface area contributed by atoms with Gasteiger partial charge in [0.05, 0.1) is 19.8 Å². The minimum atomic E-state index is 0. The van der Waals surface area contributed by atoms with Gasteiger partial charge in [-0.25, -0.2) is 0 Å². The summed E-state index contributed by atoms with van der Waals surface area (Å²) in [4.78, 5) is 1.29. The van der Waals surface area contributed by atoms with Crippen LogP contribution in [0.2, 0.25) is 0 Å². The molecule has 2 N–H and O–H groups in total. The Morgan fingerprint density at radius 3 is 2.53 bits per heavy atom. The molecule has 5 heteroatoms. The minimum Gasteiger partial charge on any atom is -1.00 e. The summed E-state index contributed by atoms with van der Waals surface area (Å²) >= 11 is 1.75. The van der Waals surface area contributed by atoms with Gasteiger partial charge in [-0.05, 0) is 24.0 Å². The molecule has 17 heavy (non-hydrogen) atoms. The van der Waals surface area contributed by atoms with Gasteiger partial charge >= 0.3 is 0 Å². The number of benzene rings is 1. The predicted octanol–water partition coefficient (Wildman–Crippen LogP) is -1.49. The van der Waals surface area contributed by atoms with Crippen LogP contribution in [0.1, 0.15) is 5.56 Å². The van der Waals surface area contributed by atoms with Gasteiger partial charge in [0.15, 0.2) is 0 Å². The number of hydrogen-bond donors (Lipinski definition) is 2. The number of aliphatic hydroxyl groups is 1. The van der Waals surface area contributed by atoms with Gasteiger partial charge in [0.1, 0.15) is 0 Å². The molecule has 1 aromatic carbocycles. The summed E-state index contributed by atoms with van der Waals surface area (Å²) < 4.78 is 5.14. The highest BCUT2D eigenvalue weighted by Gasteiger charge is 1.93. The van der Waals surface area contributed by atoms with E-state index in [1.165, 1.54) is 10.5 Å². The zero-order chi connectivity index (χ0) is 11.6. The Hall–Kier alpha value is -0.260. The Morgan fingerprint density at radius 1 is 1.24 bits per heavy atom. The molecule has 0 fully saturated rings. The Kier molecular flexibility index (Phi) is 10.7. The first kappa shape index (κ1) is 16.7. The van der Waals surface area contributed by atoms with Crippen LogP contribution < -0.4 is 17.7 Å². The third-order valence-electron chi connectivity index (χ3n) is 2.15. The van der Waals surface area contributed by atoms with Crippen molar-refractivity contribution in [2.24, 2.45) is 0 Å². The number of halogens is 1. The van der Waals surface area contributed by atoms with Crippen molar-refractivity contribution in [2.45, 2.75) is 11.4 Å². The summed E-state index contributed by atoms with van der Waals surface area (Å²) in [6, 6.07) is 8.52. The predicted molar refractivity (Wildman–Crippen MR) is 67.8 cm³/mol. The van der Waals surface area contributed by atoms with Gasteiger partial charge in [-0.15, -0.1) is 11.8 Å². The van der Waals surface area contributed by atoms with Crippen molar-refractivity contribution in [2.75, 3.05) is 32.6 Å². The Balaban J connectivity index is 0.00000256. The van der Waals surface area contributed by atoms with Gasteiger partial charge in [-0.2, -0.15) is 0 Å². The third kappa shape index (κ3) is 7.63.